The third-order valence-corrected chi connectivity index (χ3v) is 2.29. The number of carbonyl (C=O) groups excluding carboxylic acids is 1. The van der Waals surface area contributed by atoms with Crippen molar-refractivity contribution in [3.8, 4) is 0 Å². The van der Waals surface area contributed by atoms with Crippen molar-refractivity contribution in [2.45, 2.75) is 19.0 Å². The molecular weight excluding hydrogens is 249 g/mol. The van der Waals surface area contributed by atoms with Gasteiger partial charge in [0.05, 0.1) is 0 Å². The Bertz CT molecular complexity index is 480. The second-order valence-electron chi connectivity index (χ2n) is 3.84. The Morgan fingerprint density at radius 3 is 2.67 bits per heavy atom. The van der Waals surface area contributed by atoms with Crippen LogP contribution in [0.25, 0.3) is 0 Å². The fourth-order valence-corrected chi connectivity index (χ4v) is 1.28. The molecule has 4 nitrogen and oxygen atoms in total. The van der Waals surface area contributed by atoms with E-state index in [0.717, 1.165) is 6.07 Å². The summed E-state index contributed by atoms with van der Waals surface area (Å²) in [6.45, 7) is -0.0758. The van der Waals surface area contributed by atoms with Crippen LogP contribution < -0.4 is 10.9 Å². The molecule has 1 aromatic rings. The zero-order chi connectivity index (χ0) is 13.8. The maximum absolute atomic E-state index is 11.8. The average molecular weight is 262 g/mol. The van der Waals surface area contributed by atoms with E-state index in [1.165, 1.54) is 23.9 Å². The zero-order valence-electron chi connectivity index (χ0n) is 9.75. The van der Waals surface area contributed by atoms with E-state index >= 15 is 0 Å². The van der Waals surface area contributed by atoms with Crippen molar-refractivity contribution < 1.29 is 18.0 Å². The minimum absolute atomic E-state index is 0.0758. The number of carbonyl (C=O) groups is 1. The molecule has 1 N–H and O–H groups in total. The van der Waals surface area contributed by atoms with Crippen LogP contribution in [0.5, 0.6) is 0 Å². The van der Waals surface area contributed by atoms with E-state index in [-0.39, 0.29) is 24.1 Å². The molecule has 18 heavy (non-hydrogen) atoms. The maximum Gasteiger partial charge on any atom is 0.389 e. The molecule has 1 rings (SSSR count). The molecule has 0 spiro atoms. The van der Waals surface area contributed by atoms with Gasteiger partial charge in [-0.05, 0) is 12.5 Å². The van der Waals surface area contributed by atoms with Gasteiger partial charge >= 0.3 is 6.18 Å². The third-order valence-electron chi connectivity index (χ3n) is 2.29. The molecule has 0 aliphatic carbocycles. The lowest BCUT2D eigenvalue weighted by Gasteiger charge is -2.07. The molecule has 0 bridgehead atoms. The van der Waals surface area contributed by atoms with E-state index in [1.54, 1.807) is 0 Å². The third kappa shape index (κ3) is 4.60. The van der Waals surface area contributed by atoms with Gasteiger partial charge in [-0.25, -0.2) is 0 Å². The molecule has 0 radical (unpaired) electrons. The summed E-state index contributed by atoms with van der Waals surface area (Å²) in [7, 11) is 1.54. The Kier molecular flexibility index (Phi) is 4.52. The number of rotatable bonds is 4. The molecule has 0 aliphatic heterocycles. The summed E-state index contributed by atoms with van der Waals surface area (Å²) in [4.78, 5) is 22.7. The van der Waals surface area contributed by atoms with Crippen LogP contribution in [-0.2, 0) is 7.05 Å². The molecule has 1 aromatic heterocycles. The smallest absolute Gasteiger partial charge is 0.352 e. The lowest BCUT2D eigenvalue weighted by molar-refractivity contribution is -0.135. The fourth-order valence-electron chi connectivity index (χ4n) is 1.28. The van der Waals surface area contributed by atoms with Crippen molar-refractivity contribution >= 4 is 5.91 Å². The van der Waals surface area contributed by atoms with Crippen LogP contribution in [0.2, 0.25) is 0 Å². The monoisotopic (exact) mass is 262 g/mol. The number of pyridine rings is 1. The van der Waals surface area contributed by atoms with E-state index < -0.39 is 18.5 Å². The Labute approximate surface area is 101 Å². The molecule has 0 atom stereocenters. The van der Waals surface area contributed by atoms with Gasteiger partial charge in [0.15, 0.2) is 0 Å². The SMILES string of the molecule is Cn1ccc(C(=O)NCCCC(F)(F)F)cc1=O. The van der Waals surface area contributed by atoms with Gasteiger partial charge in [-0.3, -0.25) is 9.59 Å². The summed E-state index contributed by atoms with van der Waals surface area (Å²) < 4.78 is 36.8. The molecule has 0 aliphatic rings. The number of amides is 1. The van der Waals surface area contributed by atoms with Crippen LogP contribution in [0, 0.1) is 0 Å². The Morgan fingerprint density at radius 2 is 2.11 bits per heavy atom. The molecule has 1 amide bonds. The number of alkyl halides is 3. The van der Waals surface area contributed by atoms with E-state index in [0.29, 0.717) is 0 Å². The minimum Gasteiger partial charge on any atom is -0.352 e. The molecular formula is C11H13F3N2O2. The van der Waals surface area contributed by atoms with Crippen LogP contribution in [0.4, 0.5) is 13.2 Å². The molecule has 0 fully saturated rings. The van der Waals surface area contributed by atoms with E-state index in [9.17, 15) is 22.8 Å². The number of nitrogens with zero attached hydrogens (tertiary/aromatic N) is 1. The van der Waals surface area contributed by atoms with Crippen LogP contribution in [-0.4, -0.2) is 23.2 Å². The van der Waals surface area contributed by atoms with Crippen LogP contribution in [0.1, 0.15) is 23.2 Å². The minimum atomic E-state index is -4.21. The van der Waals surface area contributed by atoms with E-state index in [4.69, 9.17) is 0 Å². The molecule has 100 valence electrons. The first-order valence-electron chi connectivity index (χ1n) is 5.31. The number of halogens is 3. The van der Waals surface area contributed by atoms with Gasteiger partial charge in [0, 0.05) is 37.8 Å². The van der Waals surface area contributed by atoms with Crippen molar-refractivity contribution in [2.75, 3.05) is 6.54 Å². The number of hydrogen-bond donors (Lipinski definition) is 1. The van der Waals surface area contributed by atoms with E-state index in [2.05, 4.69) is 5.32 Å². The molecule has 0 aromatic carbocycles. The number of aromatic nitrogens is 1. The van der Waals surface area contributed by atoms with Gasteiger partial charge in [0.1, 0.15) is 0 Å². The first kappa shape index (κ1) is 14.3. The van der Waals surface area contributed by atoms with Gasteiger partial charge in [0.2, 0.25) is 0 Å². The molecule has 0 saturated carbocycles. The summed E-state index contributed by atoms with van der Waals surface area (Å²) >= 11 is 0. The first-order chi connectivity index (χ1) is 8.29. The van der Waals surface area contributed by atoms with Gasteiger partial charge in [-0.15, -0.1) is 0 Å². The first-order valence-corrected chi connectivity index (χ1v) is 5.31. The van der Waals surface area contributed by atoms with Crippen molar-refractivity contribution in [1.29, 1.82) is 0 Å². The predicted octanol–water partition coefficient (Wildman–Crippen LogP) is 1.46. The van der Waals surface area contributed by atoms with Gasteiger partial charge in [-0.1, -0.05) is 0 Å². The second kappa shape index (κ2) is 5.70. The highest BCUT2D eigenvalue weighted by molar-refractivity contribution is 5.93. The highest BCUT2D eigenvalue weighted by atomic mass is 19.4. The highest BCUT2D eigenvalue weighted by Gasteiger charge is 2.25. The van der Waals surface area contributed by atoms with Crippen LogP contribution in [0.3, 0.4) is 0 Å². The van der Waals surface area contributed by atoms with Gasteiger partial charge in [0.25, 0.3) is 11.5 Å². The Hall–Kier alpha value is -1.79. The maximum atomic E-state index is 11.8. The summed E-state index contributed by atoms with van der Waals surface area (Å²) in [5.41, 5.74) is -0.206. The van der Waals surface area contributed by atoms with Crippen LogP contribution in [0.15, 0.2) is 23.1 Å². The van der Waals surface area contributed by atoms with Crippen molar-refractivity contribution in [2.24, 2.45) is 7.05 Å². The highest BCUT2D eigenvalue weighted by Crippen LogP contribution is 2.20. The fraction of sp³-hybridized carbons (Fsp3) is 0.455. The second-order valence-corrected chi connectivity index (χ2v) is 3.84. The number of aryl methyl sites for hydroxylation is 1. The zero-order valence-corrected chi connectivity index (χ0v) is 9.75. The number of hydrogen-bond acceptors (Lipinski definition) is 2. The standard InChI is InChI=1S/C11H13F3N2O2/c1-16-6-3-8(7-9(16)17)10(18)15-5-2-4-11(12,13)14/h3,6-7H,2,4-5H2,1H3,(H,15,18). The van der Waals surface area contributed by atoms with Gasteiger partial charge in [-0.2, -0.15) is 13.2 Å². The normalized spacial score (nSPS) is 11.3. The molecule has 1 heterocycles. The van der Waals surface area contributed by atoms with Crippen molar-refractivity contribution in [3.05, 3.63) is 34.2 Å². The summed E-state index contributed by atoms with van der Waals surface area (Å²) in [6, 6.07) is 2.57. The summed E-state index contributed by atoms with van der Waals surface area (Å²) in [5.74, 6) is -0.546. The van der Waals surface area contributed by atoms with Crippen LogP contribution >= 0.6 is 0 Å². The molecule has 7 heteroatoms. The van der Waals surface area contributed by atoms with Crippen molar-refractivity contribution in [3.63, 3.8) is 0 Å². The lowest BCUT2D eigenvalue weighted by atomic mass is 10.2. The predicted molar refractivity (Wildman–Crippen MR) is 59.3 cm³/mol. The van der Waals surface area contributed by atoms with Gasteiger partial charge < -0.3 is 9.88 Å². The average Bonchev–Trinajstić information content (AvgIpc) is 2.26. The quantitative estimate of drug-likeness (QED) is 0.835. The lowest BCUT2D eigenvalue weighted by Crippen LogP contribution is -2.27. The van der Waals surface area contributed by atoms with Crippen molar-refractivity contribution in [1.82, 2.24) is 9.88 Å². The molecule has 0 saturated heterocycles. The Balaban J connectivity index is 2.46. The summed E-state index contributed by atoms with van der Waals surface area (Å²) in [6.07, 6.45) is -3.91. The number of nitrogens with one attached hydrogen (secondary N) is 1. The topological polar surface area (TPSA) is 51.1 Å². The largest absolute Gasteiger partial charge is 0.389 e. The van der Waals surface area contributed by atoms with E-state index in [1.807, 2.05) is 0 Å². The summed E-state index contributed by atoms with van der Waals surface area (Å²) in [5, 5.41) is 2.33. The molecule has 0 unspecified atom stereocenters. The Morgan fingerprint density at radius 1 is 1.44 bits per heavy atom.